The third-order valence-corrected chi connectivity index (χ3v) is 6.87. The minimum absolute atomic E-state index is 0.135. The van der Waals surface area contributed by atoms with E-state index >= 15 is 0 Å². The van der Waals surface area contributed by atoms with Gasteiger partial charge >= 0.3 is 0 Å². The van der Waals surface area contributed by atoms with Crippen molar-refractivity contribution in [1.82, 2.24) is 20.1 Å². The van der Waals surface area contributed by atoms with Crippen molar-refractivity contribution in [2.45, 2.75) is 6.92 Å². The maximum atomic E-state index is 13.4. The summed E-state index contributed by atoms with van der Waals surface area (Å²) in [6.45, 7) is 1.23. The predicted octanol–water partition coefficient (Wildman–Crippen LogP) is 5.93. The summed E-state index contributed by atoms with van der Waals surface area (Å²) in [6, 6.07) is 12.0. The number of nitrogens with zero attached hydrogens (tertiary/aromatic N) is 3. The zero-order valence-electron chi connectivity index (χ0n) is 17.9. The van der Waals surface area contributed by atoms with Crippen LogP contribution in [0.25, 0.3) is 16.6 Å². The molecule has 12 heteroatoms. The highest BCUT2D eigenvalue weighted by molar-refractivity contribution is 9.11. The van der Waals surface area contributed by atoms with Crippen molar-refractivity contribution in [3.8, 4) is 5.82 Å². The molecular weight excluding hydrogens is 669 g/mol. The van der Waals surface area contributed by atoms with Crippen LogP contribution in [0.1, 0.15) is 27.8 Å². The molecule has 2 N–H and O–H groups in total. The normalized spacial score (nSPS) is 10.9. The number of carbonyl (C=O) groups is 3. The summed E-state index contributed by atoms with van der Waals surface area (Å²) < 4.78 is 3.03. The molecule has 0 unspecified atom stereocenters. The number of hydrogen-bond acceptors (Lipinski definition) is 5. The molecule has 0 aliphatic carbocycles. The van der Waals surface area contributed by atoms with Crippen LogP contribution in [-0.2, 0) is 4.79 Å². The Morgan fingerprint density at radius 3 is 2.54 bits per heavy atom. The standard InChI is InChI=1S/C23H15Br3ClN5O3/c1-11(33)10-29-22(34)15-8-12-7-13(24)4-5-14(12)19(26)20(15)30-23(35)17-9-18(25)31-32(17)21-16(27)3-2-6-28-21/h2-9H,10H2,1H3,(H,29,34)(H,30,35). The number of Topliss-reactive ketones (excluding diaryl/α,β-unsaturated/α-hetero) is 1. The van der Waals surface area contributed by atoms with E-state index in [9.17, 15) is 14.4 Å². The van der Waals surface area contributed by atoms with Crippen molar-refractivity contribution in [3.05, 3.63) is 78.5 Å². The highest BCUT2D eigenvalue weighted by Gasteiger charge is 2.24. The fraction of sp³-hybridized carbons (Fsp3) is 0.0870. The first kappa shape index (κ1) is 25.5. The Bertz CT molecular complexity index is 1510. The highest BCUT2D eigenvalue weighted by atomic mass is 79.9. The zero-order chi connectivity index (χ0) is 25.3. The number of ketones is 1. The van der Waals surface area contributed by atoms with Crippen LogP contribution in [0.3, 0.4) is 0 Å². The first-order valence-corrected chi connectivity index (χ1v) is 12.8. The van der Waals surface area contributed by atoms with Gasteiger partial charge in [0.15, 0.2) is 5.82 Å². The molecule has 0 saturated carbocycles. The second-order valence-corrected chi connectivity index (χ2v) is 10.3. The molecule has 0 fully saturated rings. The molecule has 2 amide bonds. The van der Waals surface area contributed by atoms with Gasteiger partial charge in [-0.05, 0) is 79.9 Å². The van der Waals surface area contributed by atoms with Gasteiger partial charge in [0.05, 0.1) is 22.8 Å². The Kier molecular flexibility index (Phi) is 7.70. The number of pyridine rings is 1. The number of aromatic nitrogens is 3. The van der Waals surface area contributed by atoms with Crippen molar-refractivity contribution in [3.63, 3.8) is 0 Å². The van der Waals surface area contributed by atoms with Crippen LogP contribution in [0.5, 0.6) is 0 Å². The van der Waals surface area contributed by atoms with Crippen LogP contribution >= 0.6 is 59.4 Å². The maximum absolute atomic E-state index is 13.4. The molecule has 2 heterocycles. The van der Waals surface area contributed by atoms with Gasteiger partial charge in [0.25, 0.3) is 11.8 Å². The van der Waals surface area contributed by atoms with E-state index in [0.717, 1.165) is 15.2 Å². The summed E-state index contributed by atoms with van der Waals surface area (Å²) in [4.78, 5) is 42.1. The minimum Gasteiger partial charge on any atom is -0.345 e. The van der Waals surface area contributed by atoms with Gasteiger partial charge in [0, 0.05) is 21.2 Å². The van der Waals surface area contributed by atoms with E-state index in [1.165, 1.54) is 23.9 Å². The molecule has 0 radical (unpaired) electrons. The molecule has 35 heavy (non-hydrogen) atoms. The number of amides is 2. The Balaban J connectivity index is 1.81. The molecule has 4 aromatic rings. The average molecular weight is 685 g/mol. The second-order valence-electron chi connectivity index (χ2n) is 7.39. The molecule has 0 atom stereocenters. The largest absolute Gasteiger partial charge is 0.345 e. The van der Waals surface area contributed by atoms with Crippen molar-refractivity contribution in [1.29, 1.82) is 0 Å². The van der Waals surface area contributed by atoms with Crippen LogP contribution < -0.4 is 10.6 Å². The molecule has 0 spiro atoms. The highest BCUT2D eigenvalue weighted by Crippen LogP contribution is 2.36. The van der Waals surface area contributed by atoms with E-state index in [2.05, 4.69) is 68.5 Å². The summed E-state index contributed by atoms with van der Waals surface area (Å²) in [5, 5.41) is 11.5. The third kappa shape index (κ3) is 5.48. The number of fused-ring (bicyclic) bond motifs is 1. The summed E-state index contributed by atoms with van der Waals surface area (Å²) >= 11 is 16.5. The first-order valence-electron chi connectivity index (χ1n) is 10.0. The van der Waals surface area contributed by atoms with Crippen LogP contribution in [-0.4, -0.2) is 38.9 Å². The number of nitrogens with one attached hydrogen (secondary N) is 2. The van der Waals surface area contributed by atoms with E-state index in [0.29, 0.717) is 14.1 Å². The molecule has 4 rings (SSSR count). The van der Waals surface area contributed by atoms with Gasteiger partial charge in [0.1, 0.15) is 16.1 Å². The number of carbonyl (C=O) groups excluding carboxylic acids is 3. The quantitative estimate of drug-likeness (QED) is 0.262. The second kappa shape index (κ2) is 10.6. The van der Waals surface area contributed by atoms with Crippen molar-refractivity contribution < 1.29 is 14.4 Å². The molecule has 178 valence electrons. The molecule has 2 aromatic heterocycles. The van der Waals surface area contributed by atoms with E-state index in [1.807, 2.05) is 18.2 Å². The number of rotatable bonds is 6. The van der Waals surface area contributed by atoms with Crippen LogP contribution in [0.15, 0.2) is 62.2 Å². The van der Waals surface area contributed by atoms with E-state index < -0.39 is 11.8 Å². The van der Waals surface area contributed by atoms with Gasteiger partial charge in [0.2, 0.25) is 0 Å². The molecule has 8 nitrogen and oxygen atoms in total. The summed E-state index contributed by atoms with van der Waals surface area (Å²) in [6.07, 6.45) is 1.54. The Morgan fingerprint density at radius 1 is 1.06 bits per heavy atom. The molecule has 0 saturated heterocycles. The topological polar surface area (TPSA) is 106 Å². The van der Waals surface area contributed by atoms with E-state index in [-0.39, 0.29) is 35.1 Å². The predicted molar refractivity (Wildman–Crippen MR) is 144 cm³/mol. The van der Waals surface area contributed by atoms with Crippen LogP contribution in [0.4, 0.5) is 5.69 Å². The van der Waals surface area contributed by atoms with Crippen molar-refractivity contribution in [2.75, 3.05) is 11.9 Å². The van der Waals surface area contributed by atoms with Gasteiger partial charge in [-0.15, -0.1) is 0 Å². The van der Waals surface area contributed by atoms with Gasteiger partial charge in [-0.3, -0.25) is 14.4 Å². The zero-order valence-corrected chi connectivity index (χ0v) is 23.4. The van der Waals surface area contributed by atoms with Crippen molar-refractivity contribution >= 4 is 93.4 Å². The number of halogens is 4. The van der Waals surface area contributed by atoms with Gasteiger partial charge in [-0.2, -0.15) is 5.10 Å². The Morgan fingerprint density at radius 2 is 1.83 bits per heavy atom. The van der Waals surface area contributed by atoms with Crippen molar-refractivity contribution in [2.24, 2.45) is 0 Å². The van der Waals surface area contributed by atoms with Gasteiger partial charge in [-0.25, -0.2) is 9.67 Å². The molecule has 0 aliphatic heterocycles. The lowest BCUT2D eigenvalue weighted by molar-refractivity contribution is -0.116. The lowest BCUT2D eigenvalue weighted by Gasteiger charge is -2.16. The average Bonchev–Trinajstić information content (AvgIpc) is 3.20. The fourth-order valence-corrected chi connectivity index (χ4v) is 4.95. The lowest BCUT2D eigenvalue weighted by Crippen LogP contribution is -2.29. The lowest BCUT2D eigenvalue weighted by atomic mass is 10.0. The van der Waals surface area contributed by atoms with Crippen LogP contribution in [0.2, 0.25) is 5.02 Å². The number of anilines is 1. The summed E-state index contributed by atoms with van der Waals surface area (Å²) in [5.41, 5.74) is 0.551. The Hall–Kier alpha value is -2.60. The molecule has 2 aromatic carbocycles. The number of hydrogen-bond donors (Lipinski definition) is 2. The smallest absolute Gasteiger partial charge is 0.274 e. The molecular formula is C23H15Br3ClN5O3. The summed E-state index contributed by atoms with van der Waals surface area (Å²) in [7, 11) is 0. The van der Waals surface area contributed by atoms with E-state index in [1.54, 1.807) is 18.2 Å². The molecule has 0 bridgehead atoms. The molecule has 0 aliphatic rings. The van der Waals surface area contributed by atoms with Gasteiger partial charge < -0.3 is 10.6 Å². The maximum Gasteiger partial charge on any atom is 0.274 e. The Labute approximate surface area is 229 Å². The van der Waals surface area contributed by atoms with Gasteiger partial charge in [-0.1, -0.05) is 33.6 Å². The monoisotopic (exact) mass is 681 g/mol. The van der Waals surface area contributed by atoms with Crippen LogP contribution in [0, 0.1) is 0 Å². The SMILES string of the molecule is CC(=O)CNC(=O)c1cc2cc(Br)ccc2c(Br)c1NC(=O)c1cc(Br)nn1-c1ncccc1Cl. The summed E-state index contributed by atoms with van der Waals surface area (Å²) in [5.74, 6) is -0.998. The minimum atomic E-state index is -0.553. The van der Waals surface area contributed by atoms with E-state index in [4.69, 9.17) is 11.6 Å². The number of benzene rings is 2. The first-order chi connectivity index (χ1) is 16.7. The fourth-order valence-electron chi connectivity index (χ4n) is 3.32. The third-order valence-electron chi connectivity index (χ3n) is 4.87.